The van der Waals surface area contributed by atoms with Gasteiger partial charge in [-0.2, -0.15) is 0 Å². The van der Waals surface area contributed by atoms with Crippen molar-refractivity contribution in [1.29, 1.82) is 0 Å². The molecule has 2 aromatic rings. The number of aryl methyl sites for hydroxylation is 4. The number of hydrogen-bond donors (Lipinski definition) is 0. The highest BCUT2D eigenvalue weighted by Gasteiger charge is 2.01. The number of rotatable bonds is 8. The third kappa shape index (κ3) is 5.38. The Kier molecular flexibility index (Phi) is 6.05. The molecule has 1 aromatic heterocycles. The molecule has 0 unspecified atom stereocenters. The topological polar surface area (TPSA) is 39.9 Å². The molecule has 114 valence electrons. The van der Waals surface area contributed by atoms with E-state index in [1.54, 1.807) is 0 Å². The van der Waals surface area contributed by atoms with Gasteiger partial charge in [-0.15, -0.1) is 16.7 Å². The quantitative estimate of drug-likeness (QED) is 0.553. The van der Waals surface area contributed by atoms with E-state index >= 15 is 0 Å². The zero-order valence-corrected chi connectivity index (χ0v) is 13.4. The maximum atomic E-state index is 5.78. The average Bonchev–Trinajstić information content (AvgIpc) is 2.88. The van der Waals surface area contributed by atoms with Crippen molar-refractivity contribution in [3.8, 4) is 5.75 Å². The molecule has 0 bridgehead atoms. The fraction of sp³-hybridized carbons (Fsp3) is 0.500. The van der Waals surface area contributed by atoms with Crippen molar-refractivity contribution < 1.29 is 4.74 Å². The van der Waals surface area contributed by atoms with Gasteiger partial charge in [0.2, 0.25) is 0 Å². The van der Waals surface area contributed by atoms with Crippen molar-refractivity contribution in [2.24, 2.45) is 0 Å². The summed E-state index contributed by atoms with van der Waals surface area (Å²) in [6.45, 7) is 5.66. The third-order valence-electron chi connectivity index (χ3n) is 3.15. The summed E-state index contributed by atoms with van der Waals surface area (Å²) in [5.41, 5.74) is 3.46. The van der Waals surface area contributed by atoms with Gasteiger partial charge in [-0.05, 0) is 49.9 Å². The molecule has 0 aliphatic heterocycles. The Bertz CT molecular complexity index is 548. The number of hydrogen-bond acceptors (Lipinski definition) is 3. The smallest absolute Gasteiger partial charge is 0.119 e. The van der Waals surface area contributed by atoms with E-state index in [1.807, 2.05) is 10.9 Å². The second kappa shape index (κ2) is 8.03. The lowest BCUT2D eigenvalue weighted by atomic mass is 10.1. The second-order valence-corrected chi connectivity index (χ2v) is 5.67. The first kappa shape index (κ1) is 15.8. The van der Waals surface area contributed by atoms with Crippen LogP contribution in [-0.2, 0) is 13.0 Å². The average molecular weight is 308 g/mol. The minimum absolute atomic E-state index is 0.663. The zero-order chi connectivity index (χ0) is 15.1. The van der Waals surface area contributed by atoms with Gasteiger partial charge in [0.25, 0.3) is 0 Å². The number of aromatic nitrogens is 3. The lowest BCUT2D eigenvalue weighted by Crippen LogP contribution is -2.05. The molecule has 0 saturated heterocycles. The SMILES string of the molecule is Cc1cc(C)cc(OCCCn2cc(CCCCl)nn2)c1. The molecule has 0 amide bonds. The van der Waals surface area contributed by atoms with Crippen LogP contribution in [0.15, 0.2) is 24.4 Å². The fourth-order valence-corrected chi connectivity index (χ4v) is 2.38. The monoisotopic (exact) mass is 307 g/mol. The van der Waals surface area contributed by atoms with Crippen molar-refractivity contribution in [1.82, 2.24) is 15.0 Å². The van der Waals surface area contributed by atoms with Crippen LogP contribution in [0.5, 0.6) is 5.75 Å². The van der Waals surface area contributed by atoms with Gasteiger partial charge in [0, 0.05) is 25.0 Å². The molecule has 0 spiro atoms. The van der Waals surface area contributed by atoms with Crippen molar-refractivity contribution in [2.45, 2.75) is 39.7 Å². The molecule has 1 aromatic carbocycles. The van der Waals surface area contributed by atoms with Gasteiger partial charge in [0.1, 0.15) is 5.75 Å². The van der Waals surface area contributed by atoms with Crippen LogP contribution in [-0.4, -0.2) is 27.5 Å². The molecular weight excluding hydrogens is 286 g/mol. The van der Waals surface area contributed by atoms with Gasteiger partial charge in [-0.1, -0.05) is 11.3 Å². The predicted octanol–water partition coefficient (Wildman–Crippen LogP) is 3.54. The summed E-state index contributed by atoms with van der Waals surface area (Å²) in [4.78, 5) is 0. The van der Waals surface area contributed by atoms with Crippen LogP contribution in [0.3, 0.4) is 0 Å². The molecule has 4 nitrogen and oxygen atoms in total. The summed E-state index contributed by atoms with van der Waals surface area (Å²) in [7, 11) is 0. The molecule has 2 rings (SSSR count). The molecule has 21 heavy (non-hydrogen) atoms. The van der Waals surface area contributed by atoms with Crippen molar-refractivity contribution in [3.63, 3.8) is 0 Å². The molecule has 0 saturated carbocycles. The van der Waals surface area contributed by atoms with Gasteiger partial charge in [0.15, 0.2) is 0 Å². The van der Waals surface area contributed by atoms with Gasteiger partial charge in [-0.3, -0.25) is 4.68 Å². The van der Waals surface area contributed by atoms with Crippen LogP contribution < -0.4 is 4.74 Å². The zero-order valence-electron chi connectivity index (χ0n) is 12.7. The van der Waals surface area contributed by atoms with Gasteiger partial charge in [-0.25, -0.2) is 0 Å². The van der Waals surface area contributed by atoms with Crippen LogP contribution in [0.4, 0.5) is 0 Å². The Hall–Kier alpha value is -1.55. The van der Waals surface area contributed by atoms with Gasteiger partial charge >= 0.3 is 0 Å². The standard InChI is InChI=1S/C16H22ClN3O/c1-13-9-14(2)11-16(10-13)21-8-4-7-20-12-15(18-19-20)5-3-6-17/h9-12H,3-8H2,1-2H3. The summed E-state index contributed by atoms with van der Waals surface area (Å²) >= 11 is 5.67. The Morgan fingerprint density at radius 2 is 1.90 bits per heavy atom. The number of benzene rings is 1. The molecule has 0 fully saturated rings. The maximum absolute atomic E-state index is 5.78. The van der Waals surface area contributed by atoms with E-state index in [4.69, 9.17) is 16.3 Å². The minimum atomic E-state index is 0.663. The second-order valence-electron chi connectivity index (χ2n) is 5.29. The van der Waals surface area contributed by atoms with Crippen LogP contribution in [0.2, 0.25) is 0 Å². The highest BCUT2D eigenvalue weighted by atomic mass is 35.5. The van der Waals surface area contributed by atoms with Crippen molar-refractivity contribution in [2.75, 3.05) is 12.5 Å². The molecule has 0 radical (unpaired) electrons. The van der Waals surface area contributed by atoms with E-state index < -0.39 is 0 Å². The Labute approximate surface area is 131 Å². The maximum Gasteiger partial charge on any atom is 0.119 e. The first-order valence-electron chi connectivity index (χ1n) is 7.33. The summed E-state index contributed by atoms with van der Waals surface area (Å²) in [5.74, 6) is 1.60. The summed E-state index contributed by atoms with van der Waals surface area (Å²) in [6, 6.07) is 6.27. The molecular formula is C16H22ClN3O. The molecule has 5 heteroatoms. The number of nitrogens with zero attached hydrogens (tertiary/aromatic N) is 3. The fourth-order valence-electron chi connectivity index (χ4n) is 2.24. The molecule has 0 atom stereocenters. The van der Waals surface area contributed by atoms with Crippen LogP contribution in [0, 0.1) is 13.8 Å². The highest BCUT2D eigenvalue weighted by molar-refractivity contribution is 6.17. The van der Waals surface area contributed by atoms with E-state index in [1.165, 1.54) is 11.1 Å². The Morgan fingerprint density at radius 3 is 2.62 bits per heavy atom. The summed E-state index contributed by atoms with van der Waals surface area (Å²) in [6.07, 6.45) is 4.73. The predicted molar refractivity (Wildman–Crippen MR) is 85.1 cm³/mol. The molecule has 1 heterocycles. The van der Waals surface area contributed by atoms with E-state index in [-0.39, 0.29) is 0 Å². The number of halogens is 1. The van der Waals surface area contributed by atoms with E-state index in [0.717, 1.165) is 37.3 Å². The normalized spacial score (nSPS) is 10.8. The van der Waals surface area contributed by atoms with E-state index in [9.17, 15) is 0 Å². The first-order valence-corrected chi connectivity index (χ1v) is 7.87. The molecule has 0 aliphatic rings. The Morgan fingerprint density at radius 1 is 1.14 bits per heavy atom. The lowest BCUT2D eigenvalue weighted by Gasteiger charge is -2.08. The highest BCUT2D eigenvalue weighted by Crippen LogP contribution is 2.16. The number of alkyl halides is 1. The van der Waals surface area contributed by atoms with Gasteiger partial charge < -0.3 is 4.74 Å². The van der Waals surface area contributed by atoms with Crippen LogP contribution in [0.25, 0.3) is 0 Å². The lowest BCUT2D eigenvalue weighted by molar-refractivity contribution is 0.297. The van der Waals surface area contributed by atoms with Gasteiger partial charge in [0.05, 0.1) is 12.3 Å². The van der Waals surface area contributed by atoms with E-state index in [2.05, 4.69) is 42.4 Å². The minimum Gasteiger partial charge on any atom is -0.494 e. The van der Waals surface area contributed by atoms with Crippen molar-refractivity contribution >= 4 is 11.6 Å². The molecule has 0 aliphatic carbocycles. The molecule has 0 N–H and O–H groups in total. The summed E-state index contributed by atoms with van der Waals surface area (Å²) in [5, 5.41) is 8.24. The van der Waals surface area contributed by atoms with E-state index in [0.29, 0.717) is 12.5 Å². The first-order chi connectivity index (χ1) is 10.2. The third-order valence-corrected chi connectivity index (χ3v) is 3.42. The Balaban J connectivity index is 1.73. The largest absolute Gasteiger partial charge is 0.494 e. The number of ether oxygens (including phenoxy) is 1. The van der Waals surface area contributed by atoms with Crippen LogP contribution in [0.1, 0.15) is 29.7 Å². The summed E-state index contributed by atoms with van der Waals surface area (Å²) < 4.78 is 7.65. The van der Waals surface area contributed by atoms with Crippen molar-refractivity contribution in [3.05, 3.63) is 41.2 Å². The van der Waals surface area contributed by atoms with Crippen LogP contribution >= 0.6 is 11.6 Å².